The first-order valence-electron chi connectivity index (χ1n) is 8.82. The molecule has 1 heterocycles. The molecule has 4 aromatic rings. The van der Waals surface area contributed by atoms with Crippen molar-refractivity contribution in [3.63, 3.8) is 0 Å². The maximum absolute atomic E-state index is 10.4. The Balaban J connectivity index is 1.82. The number of aromatic hydroxyl groups is 1. The van der Waals surface area contributed by atoms with E-state index in [1.165, 1.54) is 5.56 Å². The van der Waals surface area contributed by atoms with Gasteiger partial charge in [0.25, 0.3) is 0 Å². The maximum atomic E-state index is 10.4. The molecule has 0 aliphatic carbocycles. The summed E-state index contributed by atoms with van der Waals surface area (Å²) in [4.78, 5) is 0. The highest BCUT2D eigenvalue weighted by Gasteiger charge is 2.20. The predicted molar refractivity (Wildman–Crippen MR) is 111 cm³/mol. The van der Waals surface area contributed by atoms with Crippen LogP contribution in [0.1, 0.15) is 5.56 Å². The van der Waals surface area contributed by atoms with Gasteiger partial charge in [0.15, 0.2) is 11.0 Å². The topological polar surface area (TPSA) is 60.2 Å². The van der Waals surface area contributed by atoms with Crippen LogP contribution >= 0.6 is 11.8 Å². The van der Waals surface area contributed by atoms with Crippen LogP contribution in [0.5, 0.6) is 11.5 Å². The number of nitrogens with zero attached hydrogens (tertiary/aromatic N) is 3. The van der Waals surface area contributed by atoms with E-state index in [0.29, 0.717) is 17.1 Å². The van der Waals surface area contributed by atoms with Crippen molar-refractivity contribution >= 4 is 11.8 Å². The summed E-state index contributed by atoms with van der Waals surface area (Å²) in [5.74, 6) is 2.19. The minimum Gasteiger partial charge on any atom is -0.507 e. The Morgan fingerprint density at radius 2 is 1.61 bits per heavy atom. The molecule has 0 radical (unpaired) electrons. The third-order valence-electron chi connectivity index (χ3n) is 4.32. The zero-order valence-corrected chi connectivity index (χ0v) is 16.1. The Bertz CT molecular complexity index is 1080. The van der Waals surface area contributed by atoms with Gasteiger partial charge in [-0.25, -0.2) is 0 Å². The standard InChI is InChI=1S/C22H19N3O2S/c1-27-20-14-8-6-12-18(20)25-21(17-11-5-7-13-19(17)26)23-24-22(25)28-15-16-9-3-2-4-10-16/h2-14,26H,15H2,1H3. The average Bonchev–Trinajstić information content (AvgIpc) is 3.16. The number of phenols is 1. The predicted octanol–water partition coefficient (Wildman–Crippen LogP) is 4.94. The van der Waals surface area contributed by atoms with Gasteiger partial charge in [0, 0.05) is 5.75 Å². The number of methoxy groups -OCH3 is 1. The molecule has 0 saturated heterocycles. The summed E-state index contributed by atoms with van der Waals surface area (Å²) >= 11 is 1.59. The van der Waals surface area contributed by atoms with E-state index in [4.69, 9.17) is 4.74 Å². The minimum absolute atomic E-state index is 0.158. The first-order chi connectivity index (χ1) is 13.8. The van der Waals surface area contributed by atoms with Crippen molar-refractivity contribution in [2.75, 3.05) is 7.11 Å². The lowest BCUT2D eigenvalue weighted by Crippen LogP contribution is -2.02. The van der Waals surface area contributed by atoms with Crippen LogP contribution < -0.4 is 4.74 Å². The van der Waals surface area contributed by atoms with E-state index in [1.54, 1.807) is 31.0 Å². The molecule has 0 aliphatic rings. The zero-order valence-electron chi connectivity index (χ0n) is 15.3. The van der Waals surface area contributed by atoms with E-state index < -0.39 is 0 Å². The van der Waals surface area contributed by atoms with Crippen LogP contribution in [-0.2, 0) is 5.75 Å². The number of aromatic nitrogens is 3. The van der Waals surface area contributed by atoms with Gasteiger partial charge < -0.3 is 9.84 Å². The molecule has 1 aromatic heterocycles. The highest BCUT2D eigenvalue weighted by atomic mass is 32.2. The van der Waals surface area contributed by atoms with Crippen LogP contribution in [0, 0.1) is 0 Å². The van der Waals surface area contributed by atoms with Gasteiger partial charge in [0.05, 0.1) is 18.4 Å². The molecule has 0 spiro atoms. The van der Waals surface area contributed by atoms with E-state index in [-0.39, 0.29) is 5.75 Å². The molecule has 0 unspecified atom stereocenters. The molecule has 0 atom stereocenters. The first kappa shape index (κ1) is 18.1. The Kier molecular flexibility index (Phi) is 5.30. The number of para-hydroxylation sites is 3. The summed E-state index contributed by atoms with van der Waals surface area (Å²) in [6, 6.07) is 25.1. The van der Waals surface area contributed by atoms with Gasteiger partial charge in [-0.3, -0.25) is 4.57 Å². The van der Waals surface area contributed by atoms with E-state index in [2.05, 4.69) is 22.3 Å². The molecular weight excluding hydrogens is 370 g/mol. The smallest absolute Gasteiger partial charge is 0.196 e. The quantitative estimate of drug-likeness (QED) is 0.473. The van der Waals surface area contributed by atoms with Crippen molar-refractivity contribution < 1.29 is 9.84 Å². The van der Waals surface area contributed by atoms with Crippen molar-refractivity contribution in [3.05, 3.63) is 84.4 Å². The second kappa shape index (κ2) is 8.19. The normalized spacial score (nSPS) is 10.8. The number of hydrogen-bond acceptors (Lipinski definition) is 5. The van der Waals surface area contributed by atoms with Crippen LogP contribution in [0.4, 0.5) is 0 Å². The van der Waals surface area contributed by atoms with Crippen molar-refractivity contribution in [1.82, 2.24) is 14.8 Å². The molecule has 0 fully saturated rings. The van der Waals surface area contributed by atoms with E-state index in [0.717, 1.165) is 16.6 Å². The summed E-state index contributed by atoms with van der Waals surface area (Å²) < 4.78 is 7.49. The van der Waals surface area contributed by atoms with Crippen LogP contribution in [0.3, 0.4) is 0 Å². The Hall–Kier alpha value is -3.25. The molecule has 5 nitrogen and oxygen atoms in total. The second-order valence-electron chi connectivity index (χ2n) is 6.10. The van der Waals surface area contributed by atoms with Crippen LogP contribution in [0.2, 0.25) is 0 Å². The average molecular weight is 389 g/mol. The molecule has 3 aromatic carbocycles. The maximum Gasteiger partial charge on any atom is 0.196 e. The number of hydrogen-bond donors (Lipinski definition) is 1. The van der Waals surface area contributed by atoms with E-state index in [9.17, 15) is 5.11 Å². The molecule has 28 heavy (non-hydrogen) atoms. The van der Waals surface area contributed by atoms with Gasteiger partial charge in [-0.15, -0.1) is 10.2 Å². The molecule has 4 rings (SSSR count). The van der Waals surface area contributed by atoms with Crippen LogP contribution in [0.15, 0.2) is 84.0 Å². The lowest BCUT2D eigenvalue weighted by molar-refractivity contribution is 0.412. The largest absolute Gasteiger partial charge is 0.507 e. The number of ether oxygens (including phenoxy) is 1. The summed E-state index contributed by atoms with van der Waals surface area (Å²) in [7, 11) is 1.64. The number of phenolic OH excluding ortho intramolecular Hbond substituents is 1. The second-order valence-corrected chi connectivity index (χ2v) is 7.05. The minimum atomic E-state index is 0.158. The first-order valence-corrected chi connectivity index (χ1v) is 9.80. The van der Waals surface area contributed by atoms with Gasteiger partial charge in [-0.05, 0) is 29.8 Å². The lowest BCUT2D eigenvalue weighted by atomic mass is 10.2. The molecule has 0 bridgehead atoms. The highest BCUT2D eigenvalue weighted by Crippen LogP contribution is 2.36. The molecule has 1 N–H and O–H groups in total. The highest BCUT2D eigenvalue weighted by molar-refractivity contribution is 7.98. The lowest BCUT2D eigenvalue weighted by Gasteiger charge is -2.14. The third-order valence-corrected chi connectivity index (χ3v) is 5.32. The molecule has 6 heteroatoms. The van der Waals surface area contributed by atoms with Gasteiger partial charge in [0.2, 0.25) is 0 Å². The molecule has 0 saturated carbocycles. The fraction of sp³-hybridized carbons (Fsp3) is 0.0909. The summed E-state index contributed by atoms with van der Waals surface area (Å²) in [6.07, 6.45) is 0. The summed E-state index contributed by atoms with van der Waals surface area (Å²) in [6.45, 7) is 0. The van der Waals surface area contributed by atoms with Gasteiger partial charge in [0.1, 0.15) is 11.5 Å². The number of rotatable bonds is 6. The Morgan fingerprint density at radius 3 is 2.39 bits per heavy atom. The van der Waals surface area contributed by atoms with Crippen LogP contribution in [0.25, 0.3) is 17.1 Å². The van der Waals surface area contributed by atoms with Gasteiger partial charge >= 0.3 is 0 Å². The van der Waals surface area contributed by atoms with Gasteiger partial charge in [-0.2, -0.15) is 0 Å². The van der Waals surface area contributed by atoms with Gasteiger partial charge in [-0.1, -0.05) is 66.4 Å². The van der Waals surface area contributed by atoms with Crippen LogP contribution in [-0.4, -0.2) is 27.0 Å². The molecular formula is C22H19N3O2S. The Morgan fingerprint density at radius 1 is 0.893 bits per heavy atom. The number of thioether (sulfide) groups is 1. The monoisotopic (exact) mass is 389 g/mol. The van der Waals surface area contributed by atoms with Crippen molar-refractivity contribution in [3.8, 4) is 28.6 Å². The van der Waals surface area contributed by atoms with E-state index >= 15 is 0 Å². The number of benzene rings is 3. The van der Waals surface area contributed by atoms with Crippen molar-refractivity contribution in [2.24, 2.45) is 0 Å². The summed E-state index contributed by atoms with van der Waals surface area (Å²) in [5, 5.41) is 19.9. The zero-order chi connectivity index (χ0) is 19.3. The fourth-order valence-electron chi connectivity index (χ4n) is 2.95. The third kappa shape index (κ3) is 3.59. The molecule has 140 valence electrons. The Labute approximate surface area is 167 Å². The SMILES string of the molecule is COc1ccccc1-n1c(SCc2ccccc2)nnc1-c1ccccc1O. The van der Waals surface area contributed by atoms with E-state index in [1.807, 2.05) is 59.2 Å². The molecule has 0 aliphatic heterocycles. The fourth-order valence-corrected chi connectivity index (χ4v) is 3.86. The van der Waals surface area contributed by atoms with Crippen molar-refractivity contribution in [1.29, 1.82) is 0 Å². The van der Waals surface area contributed by atoms with Crippen molar-refractivity contribution in [2.45, 2.75) is 10.9 Å². The summed E-state index contributed by atoms with van der Waals surface area (Å²) in [5.41, 5.74) is 2.64. The molecule has 0 amide bonds.